The molecule has 18 heavy (non-hydrogen) atoms. The Kier molecular flexibility index (Phi) is 2.38. The van der Waals surface area contributed by atoms with Crippen molar-refractivity contribution in [2.75, 3.05) is 5.43 Å². The molecule has 3 aromatic rings. The first-order valence-electron chi connectivity index (χ1n) is 5.25. The molecule has 0 saturated carbocycles. The quantitative estimate of drug-likeness (QED) is 0.463. The number of nitrogen functional groups attached to an aromatic ring is 1. The highest BCUT2D eigenvalue weighted by atomic mass is 15.3. The molecule has 9 heteroatoms. The van der Waals surface area contributed by atoms with Crippen LogP contribution in [0.15, 0.2) is 18.9 Å². The summed E-state index contributed by atoms with van der Waals surface area (Å²) in [7, 11) is 1.81. The summed E-state index contributed by atoms with van der Waals surface area (Å²) in [6, 6.07) is 0. The van der Waals surface area contributed by atoms with Crippen molar-refractivity contribution in [2.45, 2.75) is 6.54 Å². The van der Waals surface area contributed by atoms with Crippen LogP contribution in [0.5, 0.6) is 0 Å². The molecule has 0 amide bonds. The molecule has 3 aromatic heterocycles. The number of hydrogen-bond acceptors (Lipinski definition) is 7. The zero-order valence-electron chi connectivity index (χ0n) is 9.65. The number of fused-ring (bicyclic) bond motifs is 1. The van der Waals surface area contributed by atoms with E-state index < -0.39 is 0 Å². The van der Waals surface area contributed by atoms with Crippen LogP contribution in [0.25, 0.3) is 11.0 Å². The van der Waals surface area contributed by atoms with E-state index in [2.05, 4.69) is 30.6 Å². The van der Waals surface area contributed by atoms with Gasteiger partial charge in [0.15, 0.2) is 17.3 Å². The molecule has 92 valence electrons. The van der Waals surface area contributed by atoms with E-state index in [1.54, 1.807) is 21.9 Å². The number of anilines is 1. The molecule has 3 rings (SSSR count). The number of hydrogen-bond donors (Lipinski definition) is 2. The van der Waals surface area contributed by atoms with Crippen LogP contribution in [-0.4, -0.2) is 34.5 Å². The SMILES string of the molecule is Cn1ncc2c(NN)nc(Cn3cncn3)nc21. The van der Waals surface area contributed by atoms with Gasteiger partial charge >= 0.3 is 0 Å². The number of aryl methyl sites for hydroxylation is 1. The predicted molar refractivity (Wildman–Crippen MR) is 63.2 cm³/mol. The van der Waals surface area contributed by atoms with E-state index in [-0.39, 0.29) is 0 Å². The normalized spacial score (nSPS) is 11.0. The summed E-state index contributed by atoms with van der Waals surface area (Å²) in [5.41, 5.74) is 3.27. The Labute approximate surface area is 102 Å². The van der Waals surface area contributed by atoms with E-state index in [1.807, 2.05) is 7.05 Å². The van der Waals surface area contributed by atoms with Gasteiger partial charge in [-0.15, -0.1) is 0 Å². The molecule has 0 bridgehead atoms. The van der Waals surface area contributed by atoms with Gasteiger partial charge in [0.25, 0.3) is 0 Å². The third-order valence-corrected chi connectivity index (χ3v) is 2.55. The Morgan fingerprint density at radius 2 is 2.22 bits per heavy atom. The number of nitrogens with zero attached hydrogens (tertiary/aromatic N) is 7. The van der Waals surface area contributed by atoms with Crippen LogP contribution in [-0.2, 0) is 13.6 Å². The second kappa shape index (κ2) is 4.04. The van der Waals surface area contributed by atoms with Crippen LogP contribution in [0.4, 0.5) is 5.82 Å². The van der Waals surface area contributed by atoms with Gasteiger partial charge in [-0.2, -0.15) is 10.2 Å². The minimum atomic E-state index is 0.426. The molecule has 0 aliphatic rings. The molecule has 0 atom stereocenters. The van der Waals surface area contributed by atoms with Gasteiger partial charge in [-0.25, -0.2) is 25.5 Å². The Balaban J connectivity index is 2.09. The standard InChI is InChI=1S/C9H11N9/c1-17-9-6(2-12-17)8(16-10)14-7(15-9)3-18-5-11-4-13-18/h2,4-5H,3,10H2,1H3,(H,14,15,16). The first kappa shape index (κ1) is 10.6. The lowest BCUT2D eigenvalue weighted by molar-refractivity contribution is 0.653. The molecule has 3 N–H and O–H groups in total. The highest BCUT2D eigenvalue weighted by molar-refractivity contribution is 5.86. The second-order valence-electron chi connectivity index (χ2n) is 3.73. The monoisotopic (exact) mass is 245 g/mol. The largest absolute Gasteiger partial charge is 0.308 e. The van der Waals surface area contributed by atoms with Gasteiger partial charge in [-0.1, -0.05) is 0 Å². The van der Waals surface area contributed by atoms with Crippen LogP contribution in [0.3, 0.4) is 0 Å². The molecular weight excluding hydrogens is 234 g/mol. The number of rotatable bonds is 3. The van der Waals surface area contributed by atoms with Gasteiger partial charge < -0.3 is 5.43 Å². The second-order valence-corrected chi connectivity index (χ2v) is 3.73. The maximum atomic E-state index is 5.46. The summed E-state index contributed by atoms with van der Waals surface area (Å²) in [6.07, 6.45) is 4.74. The lowest BCUT2D eigenvalue weighted by atomic mass is 10.4. The van der Waals surface area contributed by atoms with Crippen molar-refractivity contribution in [1.82, 2.24) is 34.5 Å². The van der Waals surface area contributed by atoms with Gasteiger partial charge in [0.2, 0.25) is 0 Å². The fourth-order valence-corrected chi connectivity index (χ4v) is 1.71. The third kappa shape index (κ3) is 1.66. The number of hydrazine groups is 1. The van der Waals surface area contributed by atoms with Crippen molar-refractivity contribution < 1.29 is 0 Å². The van der Waals surface area contributed by atoms with Crippen molar-refractivity contribution in [3.8, 4) is 0 Å². The third-order valence-electron chi connectivity index (χ3n) is 2.55. The topological polar surface area (TPSA) is 112 Å². The van der Waals surface area contributed by atoms with E-state index in [4.69, 9.17) is 5.84 Å². The number of nitrogens with two attached hydrogens (primary N) is 1. The predicted octanol–water partition coefficient (Wildman–Crippen LogP) is -0.711. The van der Waals surface area contributed by atoms with E-state index in [9.17, 15) is 0 Å². The van der Waals surface area contributed by atoms with Crippen LogP contribution in [0.2, 0.25) is 0 Å². The van der Waals surface area contributed by atoms with Crippen LogP contribution >= 0.6 is 0 Å². The lowest BCUT2D eigenvalue weighted by Gasteiger charge is -2.05. The van der Waals surface area contributed by atoms with Gasteiger partial charge in [0.1, 0.15) is 19.2 Å². The lowest BCUT2D eigenvalue weighted by Crippen LogP contribution is -2.13. The fourth-order valence-electron chi connectivity index (χ4n) is 1.71. The molecule has 0 spiro atoms. The zero-order chi connectivity index (χ0) is 12.5. The Hall–Kier alpha value is -2.55. The van der Waals surface area contributed by atoms with Crippen LogP contribution in [0, 0.1) is 0 Å². The van der Waals surface area contributed by atoms with E-state index >= 15 is 0 Å². The maximum absolute atomic E-state index is 5.46. The summed E-state index contributed by atoms with van der Waals surface area (Å²) in [4.78, 5) is 12.6. The highest BCUT2D eigenvalue weighted by Crippen LogP contribution is 2.18. The van der Waals surface area contributed by atoms with Crippen molar-refractivity contribution in [2.24, 2.45) is 12.9 Å². The van der Waals surface area contributed by atoms with Gasteiger partial charge in [0.05, 0.1) is 11.6 Å². The molecule has 0 saturated heterocycles. The summed E-state index contributed by atoms with van der Waals surface area (Å²) < 4.78 is 3.31. The van der Waals surface area contributed by atoms with E-state index in [0.29, 0.717) is 23.8 Å². The Morgan fingerprint density at radius 3 is 2.94 bits per heavy atom. The van der Waals surface area contributed by atoms with Gasteiger partial charge in [0, 0.05) is 7.05 Å². The zero-order valence-corrected chi connectivity index (χ0v) is 9.65. The molecule has 0 radical (unpaired) electrons. The average Bonchev–Trinajstić information content (AvgIpc) is 3.00. The minimum Gasteiger partial charge on any atom is -0.308 e. The highest BCUT2D eigenvalue weighted by Gasteiger charge is 2.11. The Morgan fingerprint density at radius 1 is 1.33 bits per heavy atom. The van der Waals surface area contributed by atoms with Crippen molar-refractivity contribution in [3.05, 3.63) is 24.7 Å². The van der Waals surface area contributed by atoms with E-state index in [0.717, 1.165) is 5.39 Å². The van der Waals surface area contributed by atoms with Gasteiger partial charge in [-0.3, -0.25) is 4.68 Å². The molecular formula is C9H11N9. The summed E-state index contributed by atoms with van der Waals surface area (Å²) in [5.74, 6) is 6.59. The molecule has 0 aromatic carbocycles. The molecule has 3 heterocycles. The summed E-state index contributed by atoms with van der Waals surface area (Å²) in [6.45, 7) is 0.426. The summed E-state index contributed by atoms with van der Waals surface area (Å²) >= 11 is 0. The average molecular weight is 245 g/mol. The Bertz CT molecular complexity index is 669. The van der Waals surface area contributed by atoms with Gasteiger partial charge in [-0.05, 0) is 0 Å². The molecule has 0 fully saturated rings. The van der Waals surface area contributed by atoms with Crippen molar-refractivity contribution in [1.29, 1.82) is 0 Å². The molecule has 0 aliphatic carbocycles. The molecule has 0 aliphatic heterocycles. The first-order chi connectivity index (χ1) is 8.78. The first-order valence-corrected chi connectivity index (χ1v) is 5.25. The van der Waals surface area contributed by atoms with Crippen LogP contribution in [0.1, 0.15) is 5.82 Å². The van der Waals surface area contributed by atoms with E-state index in [1.165, 1.54) is 6.33 Å². The maximum Gasteiger partial charge on any atom is 0.163 e. The number of aromatic nitrogens is 7. The fraction of sp³-hybridized carbons (Fsp3) is 0.222. The number of nitrogens with one attached hydrogen (secondary N) is 1. The van der Waals surface area contributed by atoms with Crippen molar-refractivity contribution >= 4 is 16.9 Å². The minimum absolute atomic E-state index is 0.426. The molecule has 0 unspecified atom stereocenters. The summed E-state index contributed by atoms with van der Waals surface area (Å²) in [5, 5.41) is 8.91. The molecule has 9 nitrogen and oxygen atoms in total. The van der Waals surface area contributed by atoms with Crippen LogP contribution < -0.4 is 11.3 Å². The van der Waals surface area contributed by atoms with Crippen molar-refractivity contribution in [3.63, 3.8) is 0 Å². The smallest absolute Gasteiger partial charge is 0.163 e.